The minimum Gasteiger partial charge on any atom is -0.398 e. The number of nitrogen functional groups attached to an aromatic ring is 1. The van der Waals surface area contributed by atoms with Crippen LogP contribution in [0.3, 0.4) is 0 Å². The highest BCUT2D eigenvalue weighted by Crippen LogP contribution is 2.20. The zero-order valence-corrected chi connectivity index (χ0v) is 13.4. The fourth-order valence-corrected chi connectivity index (χ4v) is 3.13. The summed E-state index contributed by atoms with van der Waals surface area (Å²) in [7, 11) is -1.88. The quantitative estimate of drug-likeness (QED) is 0.501. The Morgan fingerprint density at radius 2 is 1.95 bits per heavy atom. The van der Waals surface area contributed by atoms with E-state index in [-0.39, 0.29) is 4.90 Å². The number of unbranched alkanes of at least 4 members (excludes halogenated alkanes) is 1. The number of hydrogen-bond donors (Lipinski definition) is 2. The second-order valence-electron chi connectivity index (χ2n) is 4.68. The Kier molecular flexibility index (Phi) is 7.66. The lowest BCUT2D eigenvalue weighted by Gasteiger charge is -2.10. The summed E-state index contributed by atoms with van der Waals surface area (Å²) in [6.07, 6.45) is 1.51. The lowest BCUT2D eigenvalue weighted by Crippen LogP contribution is -2.26. The highest BCUT2D eigenvalue weighted by Gasteiger charge is 2.16. The molecule has 3 N–H and O–H groups in total. The minimum absolute atomic E-state index is 0.235. The van der Waals surface area contributed by atoms with Gasteiger partial charge in [-0.05, 0) is 37.5 Å². The van der Waals surface area contributed by atoms with E-state index < -0.39 is 10.0 Å². The van der Waals surface area contributed by atoms with Crippen molar-refractivity contribution in [3.05, 3.63) is 23.8 Å². The van der Waals surface area contributed by atoms with Crippen LogP contribution < -0.4 is 10.5 Å². The number of rotatable bonds is 10. The molecular weight excluding hydrogens is 292 g/mol. The molecule has 1 aromatic rings. The molecule has 120 valence electrons. The zero-order valence-electron chi connectivity index (χ0n) is 12.6. The molecule has 0 radical (unpaired) electrons. The van der Waals surface area contributed by atoms with Gasteiger partial charge in [0.2, 0.25) is 10.0 Å². The standard InChI is InChI=1S/C14H24N2O4S/c1-12-13(15)6-5-7-14(12)21(17,18)16-8-3-4-9-20-11-10-19-2/h5-7,16H,3-4,8-11,15H2,1-2H3. The van der Waals surface area contributed by atoms with Gasteiger partial charge in [-0.25, -0.2) is 13.1 Å². The summed E-state index contributed by atoms with van der Waals surface area (Å²) in [6.45, 7) is 3.81. The van der Waals surface area contributed by atoms with Crippen molar-refractivity contribution < 1.29 is 17.9 Å². The number of nitrogens with two attached hydrogens (primary N) is 1. The van der Waals surface area contributed by atoms with E-state index in [1.807, 2.05) is 0 Å². The largest absolute Gasteiger partial charge is 0.398 e. The molecule has 0 aromatic heterocycles. The third-order valence-corrected chi connectivity index (χ3v) is 4.66. The number of nitrogens with one attached hydrogen (secondary N) is 1. The van der Waals surface area contributed by atoms with Crippen molar-refractivity contribution in [2.24, 2.45) is 0 Å². The summed E-state index contributed by atoms with van der Waals surface area (Å²) in [5.41, 5.74) is 6.79. The molecule has 0 aliphatic rings. The molecule has 1 aromatic carbocycles. The first kappa shape index (κ1) is 17.9. The number of sulfonamides is 1. The van der Waals surface area contributed by atoms with Crippen LogP contribution in [0, 0.1) is 6.92 Å². The molecule has 0 aliphatic carbocycles. The van der Waals surface area contributed by atoms with Crippen LogP contribution in [-0.4, -0.2) is 41.9 Å². The van der Waals surface area contributed by atoms with E-state index in [2.05, 4.69) is 4.72 Å². The molecule has 6 nitrogen and oxygen atoms in total. The molecule has 0 unspecified atom stereocenters. The first-order chi connectivity index (χ1) is 9.99. The highest BCUT2D eigenvalue weighted by atomic mass is 32.2. The Labute approximate surface area is 126 Å². The fourth-order valence-electron chi connectivity index (χ4n) is 1.78. The SMILES string of the molecule is COCCOCCCCNS(=O)(=O)c1cccc(N)c1C. The van der Waals surface area contributed by atoms with E-state index in [1.165, 1.54) is 0 Å². The Hall–Kier alpha value is -1.15. The van der Waals surface area contributed by atoms with Crippen molar-refractivity contribution >= 4 is 15.7 Å². The highest BCUT2D eigenvalue weighted by molar-refractivity contribution is 7.89. The number of hydrogen-bond acceptors (Lipinski definition) is 5. The van der Waals surface area contributed by atoms with Crippen molar-refractivity contribution in [3.8, 4) is 0 Å². The maximum absolute atomic E-state index is 12.2. The van der Waals surface area contributed by atoms with Crippen LogP contribution >= 0.6 is 0 Å². The van der Waals surface area contributed by atoms with E-state index in [1.54, 1.807) is 32.2 Å². The predicted molar refractivity (Wildman–Crippen MR) is 82.7 cm³/mol. The monoisotopic (exact) mass is 316 g/mol. The molecule has 1 rings (SSSR count). The summed E-state index contributed by atoms with van der Waals surface area (Å²) in [5, 5.41) is 0. The van der Waals surface area contributed by atoms with Gasteiger partial charge in [-0.3, -0.25) is 0 Å². The lowest BCUT2D eigenvalue weighted by molar-refractivity contribution is 0.0689. The molecule has 0 saturated carbocycles. The second kappa shape index (κ2) is 8.99. The van der Waals surface area contributed by atoms with Gasteiger partial charge in [-0.1, -0.05) is 6.07 Å². The van der Waals surface area contributed by atoms with E-state index in [0.29, 0.717) is 44.0 Å². The Bertz CT molecular complexity index is 532. The molecule has 0 bridgehead atoms. The van der Waals surface area contributed by atoms with Gasteiger partial charge < -0.3 is 15.2 Å². The first-order valence-corrected chi connectivity index (χ1v) is 8.39. The molecule has 0 amide bonds. The number of benzene rings is 1. The molecule has 7 heteroatoms. The van der Waals surface area contributed by atoms with E-state index in [0.717, 1.165) is 6.42 Å². The van der Waals surface area contributed by atoms with E-state index in [4.69, 9.17) is 15.2 Å². The number of anilines is 1. The van der Waals surface area contributed by atoms with E-state index >= 15 is 0 Å². The van der Waals surface area contributed by atoms with Crippen molar-refractivity contribution in [3.63, 3.8) is 0 Å². The van der Waals surface area contributed by atoms with Gasteiger partial charge in [0.05, 0.1) is 18.1 Å². The van der Waals surface area contributed by atoms with E-state index in [9.17, 15) is 8.42 Å². The third kappa shape index (κ3) is 6.01. The molecule has 0 heterocycles. The van der Waals surface area contributed by atoms with Crippen LogP contribution in [0.4, 0.5) is 5.69 Å². The molecular formula is C14H24N2O4S. The Morgan fingerprint density at radius 1 is 1.19 bits per heavy atom. The maximum Gasteiger partial charge on any atom is 0.240 e. The summed E-state index contributed by atoms with van der Waals surface area (Å²) in [6, 6.07) is 4.88. The zero-order chi connectivity index (χ0) is 15.7. The summed E-state index contributed by atoms with van der Waals surface area (Å²) in [4.78, 5) is 0.235. The van der Waals surface area contributed by atoms with Crippen molar-refractivity contribution in [1.29, 1.82) is 0 Å². The van der Waals surface area contributed by atoms with Gasteiger partial charge in [0.25, 0.3) is 0 Å². The number of ether oxygens (including phenoxy) is 2. The van der Waals surface area contributed by atoms with Crippen molar-refractivity contribution in [1.82, 2.24) is 4.72 Å². The summed E-state index contributed by atoms with van der Waals surface area (Å²) >= 11 is 0. The molecule has 21 heavy (non-hydrogen) atoms. The van der Waals surface area contributed by atoms with Crippen LogP contribution in [0.5, 0.6) is 0 Å². The van der Waals surface area contributed by atoms with Gasteiger partial charge in [0, 0.05) is 25.9 Å². The second-order valence-corrected chi connectivity index (χ2v) is 6.42. The van der Waals surface area contributed by atoms with Crippen LogP contribution in [-0.2, 0) is 19.5 Å². The summed E-state index contributed by atoms with van der Waals surface area (Å²) < 4.78 is 37.1. The molecule has 0 aliphatic heterocycles. The smallest absolute Gasteiger partial charge is 0.240 e. The van der Waals surface area contributed by atoms with Gasteiger partial charge >= 0.3 is 0 Å². The predicted octanol–water partition coefficient (Wildman–Crippen LogP) is 1.30. The van der Waals surface area contributed by atoms with Crippen LogP contribution in [0.2, 0.25) is 0 Å². The molecule has 0 saturated heterocycles. The molecule has 0 fully saturated rings. The minimum atomic E-state index is -3.51. The molecule has 0 spiro atoms. The number of methoxy groups -OCH3 is 1. The van der Waals surface area contributed by atoms with Crippen LogP contribution in [0.1, 0.15) is 18.4 Å². The van der Waals surface area contributed by atoms with Gasteiger partial charge in [0.15, 0.2) is 0 Å². The van der Waals surface area contributed by atoms with Gasteiger partial charge in [-0.2, -0.15) is 0 Å². The lowest BCUT2D eigenvalue weighted by atomic mass is 10.2. The average Bonchev–Trinajstić information content (AvgIpc) is 2.44. The van der Waals surface area contributed by atoms with Crippen molar-refractivity contribution in [2.75, 3.05) is 39.2 Å². The fraction of sp³-hybridized carbons (Fsp3) is 0.571. The van der Waals surface area contributed by atoms with Crippen LogP contribution in [0.15, 0.2) is 23.1 Å². The topological polar surface area (TPSA) is 90.6 Å². The normalized spacial score (nSPS) is 11.7. The van der Waals surface area contributed by atoms with Gasteiger partial charge in [0.1, 0.15) is 0 Å². The first-order valence-electron chi connectivity index (χ1n) is 6.90. The maximum atomic E-state index is 12.2. The average molecular weight is 316 g/mol. The molecule has 0 atom stereocenters. The Balaban J connectivity index is 2.35. The summed E-state index contributed by atoms with van der Waals surface area (Å²) in [5.74, 6) is 0. The third-order valence-electron chi connectivity index (χ3n) is 3.05. The van der Waals surface area contributed by atoms with Gasteiger partial charge in [-0.15, -0.1) is 0 Å². The van der Waals surface area contributed by atoms with Crippen LogP contribution in [0.25, 0.3) is 0 Å². The Morgan fingerprint density at radius 3 is 2.67 bits per heavy atom. The van der Waals surface area contributed by atoms with Crippen molar-refractivity contribution in [2.45, 2.75) is 24.7 Å².